The molecule has 2 fully saturated rings. The molecule has 1 N–H and O–H groups in total. The van der Waals surface area contributed by atoms with Crippen LogP contribution >= 0.6 is 0 Å². The highest BCUT2D eigenvalue weighted by Gasteiger charge is 2.55. The Morgan fingerprint density at radius 2 is 1.82 bits per heavy atom. The van der Waals surface area contributed by atoms with E-state index in [4.69, 9.17) is 0 Å². The van der Waals surface area contributed by atoms with Gasteiger partial charge in [-0.25, -0.2) is 8.78 Å². The third-order valence-corrected chi connectivity index (χ3v) is 8.91. The molecule has 0 radical (unpaired) electrons. The van der Waals surface area contributed by atoms with Gasteiger partial charge in [0, 0.05) is 43.2 Å². The van der Waals surface area contributed by atoms with Crippen molar-refractivity contribution in [2.75, 3.05) is 4.90 Å². The number of hydrogen-bond acceptors (Lipinski definition) is 4. The highest BCUT2D eigenvalue weighted by Crippen LogP contribution is 2.54. The third kappa shape index (κ3) is 4.38. The number of halogens is 5. The number of carbonyl (C=O) groups is 1. The molecule has 2 aromatic carbocycles. The van der Waals surface area contributed by atoms with Crippen molar-refractivity contribution < 1.29 is 26.7 Å². The van der Waals surface area contributed by atoms with Crippen molar-refractivity contribution in [3.63, 3.8) is 0 Å². The lowest BCUT2D eigenvalue weighted by atomic mass is 9.76. The number of hydrogen-bond donors (Lipinski definition) is 1. The second-order valence-electron chi connectivity index (χ2n) is 11.7. The number of anilines is 1. The van der Waals surface area contributed by atoms with Crippen LogP contribution in [0, 0.1) is 0 Å². The smallest absolute Gasteiger partial charge is 0.320 e. The fourth-order valence-electron chi connectivity index (χ4n) is 6.60. The molecule has 0 spiro atoms. The van der Waals surface area contributed by atoms with Crippen molar-refractivity contribution in [1.82, 2.24) is 20.1 Å². The molecule has 0 saturated heterocycles. The molecular formula is C29H30F5N5O. The zero-order valence-electron chi connectivity index (χ0n) is 22.3. The van der Waals surface area contributed by atoms with Gasteiger partial charge < -0.3 is 14.8 Å². The molecule has 3 aliphatic rings. The molecule has 40 heavy (non-hydrogen) atoms. The Bertz CT molecular complexity index is 1480. The van der Waals surface area contributed by atoms with Crippen LogP contribution in [0.5, 0.6) is 0 Å². The predicted molar refractivity (Wildman–Crippen MR) is 138 cm³/mol. The number of benzene rings is 2. The van der Waals surface area contributed by atoms with Crippen LogP contribution in [0.2, 0.25) is 0 Å². The van der Waals surface area contributed by atoms with Crippen LogP contribution in [0.1, 0.15) is 83.9 Å². The van der Waals surface area contributed by atoms with Crippen molar-refractivity contribution in [2.45, 2.75) is 81.6 Å². The van der Waals surface area contributed by atoms with Crippen molar-refractivity contribution in [2.24, 2.45) is 7.05 Å². The van der Waals surface area contributed by atoms with Crippen LogP contribution in [0.4, 0.5) is 27.6 Å². The molecule has 6 nitrogen and oxygen atoms in total. The highest BCUT2D eigenvalue weighted by molar-refractivity contribution is 6.11. The second-order valence-corrected chi connectivity index (χ2v) is 11.7. The maximum atomic E-state index is 14.8. The Balaban J connectivity index is 1.43. The summed E-state index contributed by atoms with van der Waals surface area (Å²) in [7, 11) is 1.67. The van der Waals surface area contributed by atoms with Crippen LogP contribution in [-0.2, 0) is 31.7 Å². The largest absolute Gasteiger partial charge is 0.416 e. The molecule has 1 aliphatic heterocycles. The van der Waals surface area contributed by atoms with Gasteiger partial charge >= 0.3 is 6.18 Å². The minimum atomic E-state index is -4.66. The van der Waals surface area contributed by atoms with E-state index in [1.54, 1.807) is 35.9 Å². The summed E-state index contributed by atoms with van der Waals surface area (Å²) in [4.78, 5) is 15.1. The summed E-state index contributed by atoms with van der Waals surface area (Å²) in [6.45, 7) is 1.94. The van der Waals surface area contributed by atoms with E-state index in [9.17, 15) is 26.7 Å². The number of nitrogens with one attached hydrogen (secondary N) is 1. The number of para-hydroxylation sites is 1. The van der Waals surface area contributed by atoms with Gasteiger partial charge in [0.05, 0.1) is 17.5 Å². The van der Waals surface area contributed by atoms with Gasteiger partial charge in [-0.15, -0.1) is 10.2 Å². The molecule has 2 saturated carbocycles. The van der Waals surface area contributed by atoms with Crippen molar-refractivity contribution >= 4 is 11.6 Å². The zero-order valence-corrected chi connectivity index (χ0v) is 22.3. The fraction of sp³-hybridized carbons (Fsp3) is 0.483. The number of aromatic nitrogens is 3. The molecule has 11 heteroatoms. The quantitative estimate of drug-likeness (QED) is 0.369. The Morgan fingerprint density at radius 1 is 1.07 bits per heavy atom. The normalized spacial score (nSPS) is 23.4. The summed E-state index contributed by atoms with van der Waals surface area (Å²) in [6, 6.07) is 9.28. The first-order valence-corrected chi connectivity index (χ1v) is 13.4. The number of nitrogens with zero attached hydrogens (tertiary/aromatic N) is 4. The zero-order chi connectivity index (χ0) is 28.5. The molecular weight excluding hydrogens is 529 g/mol. The van der Waals surface area contributed by atoms with Crippen molar-refractivity contribution in [1.29, 1.82) is 0 Å². The van der Waals surface area contributed by atoms with Gasteiger partial charge in [0.15, 0.2) is 0 Å². The van der Waals surface area contributed by atoms with Crippen LogP contribution in [0.3, 0.4) is 0 Å². The lowest BCUT2D eigenvalue weighted by Crippen LogP contribution is -2.47. The average Bonchev–Trinajstić information content (AvgIpc) is 3.56. The summed E-state index contributed by atoms with van der Waals surface area (Å²) < 4.78 is 74.0. The van der Waals surface area contributed by atoms with Gasteiger partial charge in [0.25, 0.3) is 5.91 Å². The van der Waals surface area contributed by atoms with Gasteiger partial charge in [0.2, 0.25) is 5.92 Å². The maximum Gasteiger partial charge on any atom is 0.416 e. The van der Waals surface area contributed by atoms with Gasteiger partial charge in [-0.3, -0.25) is 4.79 Å². The van der Waals surface area contributed by atoms with Gasteiger partial charge in [-0.05, 0) is 67.5 Å². The topological polar surface area (TPSA) is 63.1 Å². The molecule has 1 aromatic heterocycles. The van der Waals surface area contributed by atoms with Crippen LogP contribution in [0.15, 0.2) is 42.7 Å². The van der Waals surface area contributed by atoms with E-state index >= 15 is 0 Å². The van der Waals surface area contributed by atoms with E-state index in [1.807, 2.05) is 6.92 Å². The number of alkyl halides is 5. The Hall–Kier alpha value is -3.34. The summed E-state index contributed by atoms with van der Waals surface area (Å²) in [5, 5.41) is 11.4. The monoisotopic (exact) mass is 559 g/mol. The minimum Gasteiger partial charge on any atom is -0.320 e. The molecule has 2 heterocycles. The first kappa shape index (κ1) is 26.9. The van der Waals surface area contributed by atoms with E-state index in [0.29, 0.717) is 22.6 Å². The van der Waals surface area contributed by atoms with Crippen LogP contribution in [-0.4, -0.2) is 32.1 Å². The Morgan fingerprint density at radius 3 is 2.42 bits per heavy atom. The first-order chi connectivity index (χ1) is 18.8. The predicted octanol–water partition coefficient (Wildman–Crippen LogP) is 6.13. The minimum absolute atomic E-state index is 0.00958. The first-order valence-electron chi connectivity index (χ1n) is 13.4. The molecule has 1 unspecified atom stereocenters. The fourth-order valence-corrected chi connectivity index (χ4v) is 6.60. The van der Waals surface area contributed by atoms with Crippen LogP contribution < -0.4 is 10.2 Å². The third-order valence-electron chi connectivity index (χ3n) is 8.91. The summed E-state index contributed by atoms with van der Waals surface area (Å²) in [5.74, 6) is -3.22. The Labute approximate surface area is 228 Å². The van der Waals surface area contributed by atoms with Crippen molar-refractivity contribution in [3.05, 3.63) is 76.4 Å². The highest BCUT2D eigenvalue weighted by atomic mass is 19.4. The lowest BCUT2D eigenvalue weighted by Gasteiger charge is -2.39. The molecule has 212 valence electrons. The number of rotatable bonds is 6. The van der Waals surface area contributed by atoms with Crippen molar-refractivity contribution in [3.8, 4) is 0 Å². The van der Waals surface area contributed by atoms with Gasteiger partial charge in [-0.2, -0.15) is 13.2 Å². The Kier molecular flexibility index (Phi) is 6.10. The van der Waals surface area contributed by atoms with E-state index in [2.05, 4.69) is 15.5 Å². The van der Waals surface area contributed by atoms with E-state index in [0.717, 1.165) is 25.3 Å². The summed E-state index contributed by atoms with van der Waals surface area (Å²) in [5.41, 5.74) is -1.22. The van der Waals surface area contributed by atoms with E-state index in [1.165, 1.54) is 17.3 Å². The van der Waals surface area contributed by atoms with E-state index in [-0.39, 0.29) is 42.6 Å². The van der Waals surface area contributed by atoms with Gasteiger partial charge in [0.1, 0.15) is 12.2 Å². The maximum absolute atomic E-state index is 14.8. The molecule has 1 amide bonds. The molecule has 6 rings (SSSR count). The summed E-state index contributed by atoms with van der Waals surface area (Å²) in [6.07, 6.45) is -1.14. The molecule has 3 aromatic rings. The van der Waals surface area contributed by atoms with Gasteiger partial charge in [-0.1, -0.05) is 18.2 Å². The second kappa shape index (κ2) is 9.09. The number of carbonyl (C=O) groups excluding carboxylic acids is 1. The number of fused-ring (bicyclic) bond motifs is 1. The number of amides is 1. The molecule has 0 bridgehead atoms. The lowest BCUT2D eigenvalue weighted by molar-refractivity contribution is -0.138. The molecule has 2 aliphatic carbocycles. The number of aryl methyl sites for hydroxylation is 1. The SMILES string of the molecule is Cn1cnnc1C1(c2ccccc2N2Cc3c(cc(CNC4(C)CCC4)cc3C(F)(F)F)C2=O)CCC(F)(F)C1. The van der Waals surface area contributed by atoms with E-state index < -0.39 is 35.4 Å². The summed E-state index contributed by atoms with van der Waals surface area (Å²) >= 11 is 0. The molecule has 1 atom stereocenters. The van der Waals surface area contributed by atoms with Crippen LogP contribution in [0.25, 0.3) is 0 Å². The standard InChI is InChI=1S/C29H30F5N5O/c1-26(8-5-9-26)35-14-18-12-19-20(22(13-18)29(32,33)34)15-39(24(19)40)23-7-4-3-6-21(23)27(10-11-28(30,31)16-27)25-37-36-17-38(25)2/h3-4,6-7,12-13,17,35H,5,8-11,14-16H2,1-2H3. The average molecular weight is 560 g/mol.